The fourth-order valence-corrected chi connectivity index (χ4v) is 3.77. The molecular formula is C19H23N3OS. The Morgan fingerprint density at radius 1 is 1.21 bits per heavy atom. The molecule has 0 aliphatic rings. The summed E-state index contributed by atoms with van der Waals surface area (Å²) in [5.41, 5.74) is 4.64. The highest BCUT2D eigenvalue weighted by molar-refractivity contribution is 7.10. The smallest absolute Gasteiger partial charge is 0.216 e. The second-order valence-electron chi connectivity index (χ2n) is 5.94. The first-order valence-corrected chi connectivity index (χ1v) is 8.88. The van der Waals surface area contributed by atoms with Crippen LogP contribution >= 0.6 is 11.3 Å². The van der Waals surface area contributed by atoms with Gasteiger partial charge in [-0.15, -0.1) is 11.3 Å². The van der Waals surface area contributed by atoms with Crippen LogP contribution in [0.4, 0.5) is 0 Å². The molecule has 0 saturated carbocycles. The van der Waals surface area contributed by atoms with E-state index >= 15 is 0 Å². The molecule has 5 heteroatoms. The Bertz CT molecular complexity index is 791. The maximum Gasteiger partial charge on any atom is 0.216 e. The second-order valence-corrected chi connectivity index (χ2v) is 6.92. The van der Waals surface area contributed by atoms with Crippen molar-refractivity contribution in [1.82, 2.24) is 15.1 Å². The maximum atomic E-state index is 5.50. The molecule has 2 heterocycles. The molecule has 3 aromatic rings. The number of thiophene rings is 1. The topological polar surface area (TPSA) is 39.1 Å². The van der Waals surface area contributed by atoms with Crippen molar-refractivity contribution in [2.75, 3.05) is 7.11 Å². The molecule has 0 radical (unpaired) electrons. The molecule has 0 fully saturated rings. The SMILES string of the molecule is COc1c(CN[C@@H](c2ccc(C)cc2)c2cccs2)c(C)nn1C. The van der Waals surface area contributed by atoms with Gasteiger partial charge in [0, 0.05) is 18.5 Å². The lowest BCUT2D eigenvalue weighted by Gasteiger charge is -2.18. The summed E-state index contributed by atoms with van der Waals surface area (Å²) in [5.74, 6) is 0.814. The molecule has 2 aromatic heterocycles. The summed E-state index contributed by atoms with van der Waals surface area (Å²) in [6, 6.07) is 13.1. The molecule has 3 rings (SSSR count). The van der Waals surface area contributed by atoms with Crippen molar-refractivity contribution >= 4 is 11.3 Å². The molecule has 1 aromatic carbocycles. The van der Waals surface area contributed by atoms with Gasteiger partial charge < -0.3 is 10.1 Å². The number of nitrogens with zero attached hydrogens (tertiary/aromatic N) is 2. The highest BCUT2D eigenvalue weighted by Crippen LogP contribution is 2.28. The lowest BCUT2D eigenvalue weighted by Crippen LogP contribution is -2.21. The molecule has 1 N–H and O–H groups in total. The van der Waals surface area contributed by atoms with Gasteiger partial charge in [0.2, 0.25) is 5.88 Å². The molecule has 126 valence electrons. The largest absolute Gasteiger partial charge is 0.481 e. The lowest BCUT2D eigenvalue weighted by molar-refractivity contribution is 0.367. The zero-order valence-corrected chi connectivity index (χ0v) is 15.4. The number of aromatic nitrogens is 2. The van der Waals surface area contributed by atoms with Crippen molar-refractivity contribution in [1.29, 1.82) is 0 Å². The van der Waals surface area contributed by atoms with Crippen LogP contribution in [0.2, 0.25) is 0 Å². The quantitative estimate of drug-likeness (QED) is 0.737. The predicted molar refractivity (Wildman–Crippen MR) is 98.7 cm³/mol. The van der Waals surface area contributed by atoms with Crippen LogP contribution in [0.25, 0.3) is 0 Å². The summed E-state index contributed by atoms with van der Waals surface area (Å²) in [4.78, 5) is 1.30. The van der Waals surface area contributed by atoms with E-state index in [1.807, 2.05) is 14.0 Å². The predicted octanol–water partition coefficient (Wildman–Crippen LogP) is 3.99. The first-order chi connectivity index (χ1) is 11.6. The van der Waals surface area contributed by atoms with Gasteiger partial charge in [-0.2, -0.15) is 5.10 Å². The first kappa shape index (κ1) is 16.7. The molecule has 0 spiro atoms. The minimum Gasteiger partial charge on any atom is -0.481 e. The van der Waals surface area contributed by atoms with Crippen LogP contribution in [0.3, 0.4) is 0 Å². The van der Waals surface area contributed by atoms with Gasteiger partial charge in [-0.05, 0) is 30.9 Å². The molecule has 24 heavy (non-hydrogen) atoms. The molecular weight excluding hydrogens is 318 g/mol. The van der Waals surface area contributed by atoms with Gasteiger partial charge in [-0.25, -0.2) is 4.68 Å². The van der Waals surface area contributed by atoms with Crippen LogP contribution in [0.15, 0.2) is 41.8 Å². The van der Waals surface area contributed by atoms with Crippen molar-refractivity contribution in [3.8, 4) is 5.88 Å². The Balaban J connectivity index is 1.87. The molecule has 0 bridgehead atoms. The van der Waals surface area contributed by atoms with Gasteiger partial charge in [0.05, 0.1) is 24.4 Å². The van der Waals surface area contributed by atoms with E-state index < -0.39 is 0 Å². The van der Waals surface area contributed by atoms with E-state index in [2.05, 4.69) is 59.1 Å². The Morgan fingerprint density at radius 2 is 1.96 bits per heavy atom. The fourth-order valence-electron chi connectivity index (χ4n) is 2.94. The summed E-state index contributed by atoms with van der Waals surface area (Å²) in [5, 5.41) is 10.3. The van der Waals surface area contributed by atoms with Crippen LogP contribution in [0.5, 0.6) is 5.88 Å². The van der Waals surface area contributed by atoms with Crippen LogP contribution in [0.1, 0.15) is 33.3 Å². The van der Waals surface area contributed by atoms with Crippen LogP contribution in [-0.2, 0) is 13.6 Å². The van der Waals surface area contributed by atoms with Crippen LogP contribution in [0, 0.1) is 13.8 Å². The van der Waals surface area contributed by atoms with E-state index in [4.69, 9.17) is 4.74 Å². The van der Waals surface area contributed by atoms with Crippen molar-refractivity contribution in [3.63, 3.8) is 0 Å². The number of nitrogens with one attached hydrogen (secondary N) is 1. The number of rotatable bonds is 6. The Labute approximate surface area is 147 Å². The fraction of sp³-hybridized carbons (Fsp3) is 0.316. The summed E-state index contributed by atoms with van der Waals surface area (Å²) in [6.45, 7) is 4.84. The average molecular weight is 341 g/mol. The molecule has 0 amide bonds. The van der Waals surface area contributed by atoms with Crippen LogP contribution in [-0.4, -0.2) is 16.9 Å². The zero-order chi connectivity index (χ0) is 17.1. The monoisotopic (exact) mass is 341 g/mol. The van der Waals surface area contributed by atoms with E-state index in [9.17, 15) is 0 Å². The van der Waals surface area contributed by atoms with Crippen molar-refractivity contribution < 1.29 is 4.74 Å². The molecule has 4 nitrogen and oxygen atoms in total. The number of hydrogen-bond donors (Lipinski definition) is 1. The summed E-state index contributed by atoms with van der Waals surface area (Å²) in [6.07, 6.45) is 0. The normalized spacial score (nSPS) is 12.3. The van der Waals surface area contributed by atoms with E-state index in [-0.39, 0.29) is 6.04 Å². The summed E-state index contributed by atoms with van der Waals surface area (Å²) < 4.78 is 7.29. The molecule has 0 saturated heterocycles. The second kappa shape index (κ2) is 7.20. The number of ether oxygens (including phenoxy) is 1. The maximum absolute atomic E-state index is 5.50. The van der Waals surface area contributed by atoms with Gasteiger partial charge in [0.15, 0.2) is 0 Å². The standard InChI is InChI=1S/C19H23N3OS/c1-13-7-9-15(10-8-13)18(17-6-5-11-24-17)20-12-16-14(2)21-22(3)19(16)23-4/h5-11,18,20H,12H2,1-4H3/t18-/m0/s1. The van der Waals surface area contributed by atoms with E-state index in [1.54, 1.807) is 23.1 Å². The molecule has 0 aliphatic carbocycles. The molecule has 0 aliphatic heterocycles. The highest BCUT2D eigenvalue weighted by atomic mass is 32.1. The van der Waals surface area contributed by atoms with Crippen LogP contribution < -0.4 is 10.1 Å². The third-order valence-corrected chi connectivity index (χ3v) is 5.14. The molecule has 1 atom stereocenters. The van der Waals surface area contributed by atoms with Crippen molar-refractivity contribution in [2.45, 2.75) is 26.4 Å². The Kier molecular flexibility index (Phi) is 5.02. The number of aryl methyl sites for hydroxylation is 3. The number of hydrogen-bond acceptors (Lipinski definition) is 4. The lowest BCUT2D eigenvalue weighted by atomic mass is 10.0. The average Bonchev–Trinajstić information content (AvgIpc) is 3.18. The van der Waals surface area contributed by atoms with Crippen molar-refractivity contribution in [2.24, 2.45) is 7.05 Å². The van der Waals surface area contributed by atoms with E-state index in [0.29, 0.717) is 6.54 Å². The minimum absolute atomic E-state index is 0.162. The van der Waals surface area contributed by atoms with E-state index in [1.165, 1.54) is 16.0 Å². The van der Waals surface area contributed by atoms with Crippen molar-refractivity contribution in [3.05, 3.63) is 69.0 Å². The number of methoxy groups -OCH3 is 1. The van der Waals surface area contributed by atoms with Gasteiger partial charge in [-0.1, -0.05) is 35.9 Å². The number of benzene rings is 1. The molecule has 0 unspecified atom stereocenters. The Hall–Kier alpha value is -2.11. The summed E-state index contributed by atoms with van der Waals surface area (Å²) in [7, 11) is 3.60. The highest BCUT2D eigenvalue weighted by Gasteiger charge is 2.18. The summed E-state index contributed by atoms with van der Waals surface area (Å²) >= 11 is 1.77. The third-order valence-electron chi connectivity index (χ3n) is 4.20. The first-order valence-electron chi connectivity index (χ1n) is 8.00. The van der Waals surface area contributed by atoms with Gasteiger partial charge in [0.1, 0.15) is 0 Å². The van der Waals surface area contributed by atoms with E-state index in [0.717, 1.165) is 17.1 Å². The minimum atomic E-state index is 0.162. The van der Waals surface area contributed by atoms with Gasteiger partial charge in [0.25, 0.3) is 0 Å². The zero-order valence-electron chi connectivity index (χ0n) is 14.5. The van der Waals surface area contributed by atoms with Gasteiger partial charge >= 0.3 is 0 Å². The third kappa shape index (κ3) is 3.37. The van der Waals surface area contributed by atoms with Gasteiger partial charge in [-0.3, -0.25) is 0 Å². The Morgan fingerprint density at radius 3 is 2.58 bits per heavy atom.